The lowest BCUT2D eigenvalue weighted by atomic mass is 9.85. The highest BCUT2D eigenvalue weighted by atomic mass is 16.4. The molecule has 0 atom stereocenters. The van der Waals surface area contributed by atoms with Crippen LogP contribution in [0.2, 0.25) is 0 Å². The first-order valence-corrected chi connectivity index (χ1v) is 5.95. The number of aryl methyl sites for hydroxylation is 1. The van der Waals surface area contributed by atoms with Gasteiger partial charge in [0.2, 0.25) is 0 Å². The summed E-state index contributed by atoms with van der Waals surface area (Å²) in [6, 6.07) is 6.44. The predicted molar refractivity (Wildman–Crippen MR) is 69.1 cm³/mol. The van der Waals surface area contributed by atoms with Gasteiger partial charge in [0.1, 0.15) is 0 Å². The molecule has 0 aromatic heterocycles. The average Bonchev–Trinajstić information content (AvgIpc) is 2.59. The van der Waals surface area contributed by atoms with Crippen molar-refractivity contribution in [3.05, 3.63) is 41.0 Å². The zero-order chi connectivity index (χ0) is 12.6. The summed E-state index contributed by atoms with van der Waals surface area (Å²) in [6.07, 6.45) is 3.15. The molecule has 2 heteroatoms. The fourth-order valence-electron chi connectivity index (χ4n) is 2.26. The second-order valence-corrected chi connectivity index (χ2v) is 5.63. The molecule has 2 nitrogen and oxygen atoms in total. The third-order valence-electron chi connectivity index (χ3n) is 3.28. The van der Waals surface area contributed by atoms with Crippen LogP contribution in [-0.4, -0.2) is 11.1 Å². The van der Waals surface area contributed by atoms with Crippen LogP contribution in [0.1, 0.15) is 43.9 Å². The lowest BCUT2D eigenvalue weighted by Crippen LogP contribution is -2.11. The number of allylic oxidation sites excluding steroid dienone is 1. The first-order valence-electron chi connectivity index (χ1n) is 5.95. The van der Waals surface area contributed by atoms with E-state index in [0.29, 0.717) is 0 Å². The van der Waals surface area contributed by atoms with Crippen molar-refractivity contribution in [2.45, 2.75) is 39.0 Å². The van der Waals surface area contributed by atoms with E-state index < -0.39 is 5.97 Å². The number of rotatable bonds is 1. The lowest BCUT2D eigenvalue weighted by molar-refractivity contribution is -0.131. The molecule has 1 aliphatic rings. The molecular weight excluding hydrogens is 212 g/mol. The molecule has 0 bridgehead atoms. The summed E-state index contributed by atoms with van der Waals surface area (Å²) < 4.78 is 0. The number of hydrogen-bond donors (Lipinski definition) is 1. The van der Waals surface area contributed by atoms with Crippen molar-refractivity contribution in [2.75, 3.05) is 0 Å². The average molecular weight is 230 g/mol. The second kappa shape index (κ2) is 4.02. The molecular formula is C15H18O2. The van der Waals surface area contributed by atoms with Crippen LogP contribution >= 0.6 is 0 Å². The van der Waals surface area contributed by atoms with Crippen LogP contribution in [0.3, 0.4) is 0 Å². The Labute approximate surface area is 102 Å². The molecule has 17 heavy (non-hydrogen) atoms. The first-order chi connectivity index (χ1) is 7.88. The van der Waals surface area contributed by atoms with Crippen molar-refractivity contribution in [1.82, 2.24) is 0 Å². The van der Waals surface area contributed by atoms with Gasteiger partial charge in [-0.25, -0.2) is 4.79 Å². The Morgan fingerprint density at radius 1 is 1.29 bits per heavy atom. The van der Waals surface area contributed by atoms with E-state index in [4.69, 9.17) is 5.11 Å². The van der Waals surface area contributed by atoms with E-state index in [-0.39, 0.29) is 5.41 Å². The fraction of sp³-hybridized carbons (Fsp3) is 0.400. The maximum Gasteiger partial charge on any atom is 0.328 e. The van der Waals surface area contributed by atoms with Gasteiger partial charge in [-0.05, 0) is 40.5 Å². The topological polar surface area (TPSA) is 37.3 Å². The highest BCUT2D eigenvalue weighted by molar-refractivity contribution is 5.91. The first kappa shape index (κ1) is 11.9. The summed E-state index contributed by atoms with van der Waals surface area (Å²) >= 11 is 0. The van der Waals surface area contributed by atoms with E-state index in [0.717, 1.165) is 24.0 Å². The summed E-state index contributed by atoms with van der Waals surface area (Å²) in [5, 5.41) is 8.85. The van der Waals surface area contributed by atoms with Crippen molar-refractivity contribution in [2.24, 2.45) is 0 Å². The van der Waals surface area contributed by atoms with Gasteiger partial charge in [-0.1, -0.05) is 39.0 Å². The van der Waals surface area contributed by atoms with Crippen molar-refractivity contribution in [3.8, 4) is 0 Å². The van der Waals surface area contributed by atoms with Crippen molar-refractivity contribution in [1.29, 1.82) is 0 Å². The highest BCUT2D eigenvalue weighted by Crippen LogP contribution is 2.35. The molecule has 0 spiro atoms. The summed E-state index contributed by atoms with van der Waals surface area (Å²) in [6.45, 7) is 6.51. The van der Waals surface area contributed by atoms with Gasteiger partial charge in [0.15, 0.2) is 0 Å². The van der Waals surface area contributed by atoms with E-state index in [2.05, 4.69) is 39.0 Å². The van der Waals surface area contributed by atoms with Crippen LogP contribution in [-0.2, 0) is 16.6 Å². The number of fused-ring (bicyclic) bond motifs is 1. The molecule has 2 rings (SSSR count). The van der Waals surface area contributed by atoms with E-state index in [1.807, 2.05) is 0 Å². The summed E-state index contributed by atoms with van der Waals surface area (Å²) in [4.78, 5) is 10.8. The van der Waals surface area contributed by atoms with Crippen LogP contribution in [0.5, 0.6) is 0 Å². The van der Waals surface area contributed by atoms with Crippen LogP contribution in [0, 0.1) is 0 Å². The van der Waals surface area contributed by atoms with Crippen molar-refractivity contribution >= 4 is 11.5 Å². The van der Waals surface area contributed by atoms with Crippen LogP contribution in [0.15, 0.2) is 24.3 Å². The molecule has 0 unspecified atom stereocenters. The Bertz CT molecular complexity index is 490. The molecule has 0 saturated heterocycles. The Hall–Kier alpha value is -1.57. The van der Waals surface area contributed by atoms with E-state index in [1.165, 1.54) is 17.2 Å². The standard InChI is InChI=1S/C15H18O2/c1-15(2,3)12-7-6-10-4-5-11(8-14(16)17)13(10)9-12/h6-9H,4-5H2,1-3H3,(H,16,17)/b11-8+. The molecule has 1 aromatic rings. The maximum absolute atomic E-state index is 10.8. The van der Waals surface area contributed by atoms with Gasteiger partial charge in [0.05, 0.1) is 0 Å². The largest absolute Gasteiger partial charge is 0.478 e. The van der Waals surface area contributed by atoms with Gasteiger partial charge in [0.25, 0.3) is 0 Å². The zero-order valence-electron chi connectivity index (χ0n) is 10.6. The third kappa shape index (κ3) is 2.41. The zero-order valence-corrected chi connectivity index (χ0v) is 10.6. The summed E-state index contributed by atoms with van der Waals surface area (Å²) in [7, 11) is 0. The Kier molecular flexibility index (Phi) is 2.82. The van der Waals surface area contributed by atoms with Gasteiger partial charge < -0.3 is 5.11 Å². The Morgan fingerprint density at radius 3 is 2.59 bits per heavy atom. The number of benzene rings is 1. The van der Waals surface area contributed by atoms with Gasteiger partial charge in [-0.15, -0.1) is 0 Å². The molecule has 0 aliphatic heterocycles. The SMILES string of the molecule is CC(C)(C)c1ccc2c(c1)/C(=C/C(=O)O)CC2. The minimum absolute atomic E-state index is 0.103. The maximum atomic E-state index is 10.8. The molecule has 1 aliphatic carbocycles. The van der Waals surface area contributed by atoms with E-state index >= 15 is 0 Å². The molecule has 0 amide bonds. The quantitative estimate of drug-likeness (QED) is 0.751. The number of aliphatic carboxylic acids is 1. The van der Waals surface area contributed by atoms with Gasteiger partial charge in [0, 0.05) is 6.08 Å². The lowest BCUT2D eigenvalue weighted by Gasteiger charge is -2.20. The van der Waals surface area contributed by atoms with E-state index in [1.54, 1.807) is 0 Å². The molecule has 0 fully saturated rings. The Balaban J connectivity index is 2.48. The van der Waals surface area contributed by atoms with Gasteiger partial charge in [-0.3, -0.25) is 0 Å². The van der Waals surface area contributed by atoms with Crippen LogP contribution in [0.4, 0.5) is 0 Å². The predicted octanol–water partition coefficient (Wildman–Crippen LogP) is 3.40. The van der Waals surface area contributed by atoms with Gasteiger partial charge in [-0.2, -0.15) is 0 Å². The number of carboxylic acid groups (broad SMARTS) is 1. The third-order valence-corrected chi connectivity index (χ3v) is 3.28. The normalized spacial score (nSPS) is 17.2. The molecule has 0 heterocycles. The minimum atomic E-state index is -0.853. The summed E-state index contributed by atoms with van der Waals surface area (Å²) in [5.41, 5.74) is 4.71. The minimum Gasteiger partial charge on any atom is -0.478 e. The van der Waals surface area contributed by atoms with Crippen molar-refractivity contribution < 1.29 is 9.90 Å². The Morgan fingerprint density at radius 2 is 2.00 bits per heavy atom. The smallest absolute Gasteiger partial charge is 0.328 e. The number of carboxylic acids is 1. The molecule has 1 N–H and O–H groups in total. The molecule has 1 aromatic carbocycles. The van der Waals surface area contributed by atoms with Gasteiger partial charge >= 0.3 is 5.97 Å². The van der Waals surface area contributed by atoms with Crippen LogP contribution in [0.25, 0.3) is 5.57 Å². The second-order valence-electron chi connectivity index (χ2n) is 5.63. The molecule has 90 valence electrons. The summed E-state index contributed by atoms with van der Waals surface area (Å²) in [5.74, 6) is -0.853. The van der Waals surface area contributed by atoms with Crippen molar-refractivity contribution in [3.63, 3.8) is 0 Å². The molecule has 0 saturated carbocycles. The monoisotopic (exact) mass is 230 g/mol. The number of hydrogen-bond acceptors (Lipinski definition) is 1. The van der Waals surface area contributed by atoms with Crippen LogP contribution < -0.4 is 0 Å². The van der Waals surface area contributed by atoms with E-state index in [9.17, 15) is 4.79 Å². The fourth-order valence-corrected chi connectivity index (χ4v) is 2.26. The highest BCUT2D eigenvalue weighted by Gasteiger charge is 2.21. The number of carbonyl (C=O) groups is 1. The molecule has 0 radical (unpaired) electrons.